The van der Waals surface area contributed by atoms with Crippen LogP contribution in [0.15, 0.2) is 30.3 Å². The normalized spacial score (nSPS) is 10.6. The minimum absolute atomic E-state index is 0.257. The Labute approximate surface area is 117 Å². The van der Waals surface area contributed by atoms with Crippen LogP contribution < -0.4 is 10.6 Å². The van der Waals surface area contributed by atoms with E-state index in [0.29, 0.717) is 29.7 Å². The first kappa shape index (κ1) is 14.2. The summed E-state index contributed by atoms with van der Waals surface area (Å²) in [6, 6.07) is 8.17. The second kappa shape index (κ2) is 6.29. The molecular formula is C14H17FN4O. The van der Waals surface area contributed by atoms with E-state index in [0.717, 1.165) is 0 Å². The van der Waals surface area contributed by atoms with Crippen molar-refractivity contribution in [1.82, 2.24) is 9.97 Å². The third-order valence-electron chi connectivity index (χ3n) is 2.79. The third kappa shape index (κ3) is 3.03. The standard InChI is InChI=1S/C14H17FN4O/c1-3-19(11-7-5-4-6-10(11)15)14-8-12(16)17-13(18-14)9-20-2/h4-8H,3,9H2,1-2H3,(H2,16,17,18). The number of nitrogens with zero attached hydrogens (tertiary/aromatic N) is 3. The van der Waals surface area contributed by atoms with Crippen LogP contribution in [0.3, 0.4) is 0 Å². The molecule has 106 valence electrons. The first-order chi connectivity index (χ1) is 9.65. The minimum atomic E-state index is -0.306. The van der Waals surface area contributed by atoms with E-state index in [-0.39, 0.29) is 12.4 Å². The Morgan fingerprint density at radius 3 is 2.70 bits per heavy atom. The van der Waals surface area contributed by atoms with Gasteiger partial charge in [-0.3, -0.25) is 0 Å². The molecule has 0 amide bonds. The molecule has 2 rings (SSSR count). The molecule has 0 spiro atoms. The molecule has 1 heterocycles. The van der Waals surface area contributed by atoms with E-state index in [1.165, 1.54) is 6.07 Å². The first-order valence-electron chi connectivity index (χ1n) is 6.30. The molecule has 1 aromatic carbocycles. The van der Waals surface area contributed by atoms with E-state index >= 15 is 0 Å². The van der Waals surface area contributed by atoms with Crippen LogP contribution in [0.1, 0.15) is 12.7 Å². The van der Waals surface area contributed by atoms with E-state index < -0.39 is 0 Å². The highest BCUT2D eigenvalue weighted by atomic mass is 19.1. The van der Waals surface area contributed by atoms with Crippen molar-refractivity contribution in [2.24, 2.45) is 0 Å². The molecule has 6 heteroatoms. The molecule has 0 bridgehead atoms. The van der Waals surface area contributed by atoms with Gasteiger partial charge in [0.05, 0.1) is 5.69 Å². The van der Waals surface area contributed by atoms with Gasteiger partial charge in [-0.1, -0.05) is 12.1 Å². The molecular weight excluding hydrogens is 259 g/mol. The fourth-order valence-corrected chi connectivity index (χ4v) is 1.96. The van der Waals surface area contributed by atoms with Gasteiger partial charge in [0.1, 0.15) is 24.1 Å². The number of nitrogen functional groups attached to an aromatic ring is 1. The summed E-state index contributed by atoms with van der Waals surface area (Å²) in [5, 5.41) is 0. The summed E-state index contributed by atoms with van der Waals surface area (Å²) < 4.78 is 18.9. The Bertz CT molecular complexity index is 591. The van der Waals surface area contributed by atoms with Crippen molar-refractivity contribution in [2.75, 3.05) is 24.3 Å². The van der Waals surface area contributed by atoms with E-state index in [4.69, 9.17) is 10.5 Å². The van der Waals surface area contributed by atoms with Crippen LogP contribution in [-0.2, 0) is 11.3 Å². The Balaban J connectivity index is 2.44. The van der Waals surface area contributed by atoms with E-state index in [1.54, 1.807) is 36.3 Å². The number of halogens is 1. The topological polar surface area (TPSA) is 64.3 Å². The van der Waals surface area contributed by atoms with Gasteiger partial charge in [-0.15, -0.1) is 0 Å². The lowest BCUT2D eigenvalue weighted by Gasteiger charge is -2.23. The van der Waals surface area contributed by atoms with Crippen LogP contribution >= 0.6 is 0 Å². The number of hydrogen-bond acceptors (Lipinski definition) is 5. The van der Waals surface area contributed by atoms with Gasteiger partial charge in [-0.25, -0.2) is 14.4 Å². The highest BCUT2D eigenvalue weighted by Crippen LogP contribution is 2.26. The van der Waals surface area contributed by atoms with Gasteiger partial charge in [0.25, 0.3) is 0 Å². The molecule has 0 saturated heterocycles. The number of rotatable bonds is 5. The molecule has 0 saturated carbocycles. The van der Waals surface area contributed by atoms with Crippen molar-refractivity contribution in [1.29, 1.82) is 0 Å². The van der Waals surface area contributed by atoms with E-state index in [9.17, 15) is 4.39 Å². The Kier molecular flexibility index (Phi) is 4.47. The summed E-state index contributed by atoms with van der Waals surface area (Å²) in [6.07, 6.45) is 0. The second-order valence-corrected chi connectivity index (χ2v) is 4.20. The highest BCUT2D eigenvalue weighted by Gasteiger charge is 2.14. The van der Waals surface area contributed by atoms with Gasteiger partial charge in [0.15, 0.2) is 5.82 Å². The van der Waals surface area contributed by atoms with E-state index in [2.05, 4.69) is 9.97 Å². The summed E-state index contributed by atoms with van der Waals surface area (Å²) in [5.74, 6) is 1.05. The predicted octanol–water partition coefficient (Wildman–Crippen LogP) is 2.50. The average molecular weight is 276 g/mol. The van der Waals surface area contributed by atoms with Crippen molar-refractivity contribution in [3.8, 4) is 0 Å². The molecule has 0 radical (unpaired) electrons. The van der Waals surface area contributed by atoms with Crippen LogP contribution in [0.2, 0.25) is 0 Å². The van der Waals surface area contributed by atoms with Crippen LogP contribution in [0.5, 0.6) is 0 Å². The van der Waals surface area contributed by atoms with Crippen LogP contribution in [0.4, 0.5) is 21.7 Å². The summed E-state index contributed by atoms with van der Waals surface area (Å²) in [6.45, 7) is 2.73. The molecule has 1 aromatic heterocycles. The number of benzene rings is 1. The van der Waals surface area contributed by atoms with Crippen LogP contribution in [0.25, 0.3) is 0 Å². The van der Waals surface area contributed by atoms with Gasteiger partial charge in [0, 0.05) is 19.7 Å². The SMILES string of the molecule is CCN(c1cc(N)nc(COC)n1)c1ccccc1F. The van der Waals surface area contributed by atoms with Crippen molar-refractivity contribution < 1.29 is 9.13 Å². The quantitative estimate of drug-likeness (QED) is 0.909. The maximum Gasteiger partial charge on any atom is 0.158 e. The van der Waals surface area contributed by atoms with Gasteiger partial charge < -0.3 is 15.4 Å². The van der Waals surface area contributed by atoms with Crippen molar-refractivity contribution >= 4 is 17.3 Å². The van der Waals surface area contributed by atoms with Gasteiger partial charge in [0.2, 0.25) is 0 Å². The Hall–Kier alpha value is -2.21. The van der Waals surface area contributed by atoms with Crippen LogP contribution in [-0.4, -0.2) is 23.6 Å². The Morgan fingerprint density at radius 2 is 2.05 bits per heavy atom. The molecule has 0 aliphatic heterocycles. The van der Waals surface area contributed by atoms with Crippen molar-refractivity contribution in [3.05, 3.63) is 42.0 Å². The molecule has 20 heavy (non-hydrogen) atoms. The smallest absolute Gasteiger partial charge is 0.158 e. The summed E-state index contributed by atoms with van der Waals surface area (Å²) >= 11 is 0. The zero-order chi connectivity index (χ0) is 14.5. The lowest BCUT2D eigenvalue weighted by molar-refractivity contribution is 0.178. The molecule has 2 aromatic rings. The number of para-hydroxylation sites is 1. The lowest BCUT2D eigenvalue weighted by Crippen LogP contribution is -2.20. The molecule has 2 N–H and O–H groups in total. The summed E-state index contributed by atoms with van der Waals surface area (Å²) in [4.78, 5) is 10.2. The predicted molar refractivity (Wildman–Crippen MR) is 76.2 cm³/mol. The highest BCUT2D eigenvalue weighted by molar-refractivity contribution is 5.62. The molecule has 0 fully saturated rings. The zero-order valence-corrected chi connectivity index (χ0v) is 11.5. The van der Waals surface area contributed by atoms with Gasteiger partial charge in [-0.05, 0) is 19.1 Å². The molecule has 0 unspecified atom stereocenters. The fraction of sp³-hybridized carbons (Fsp3) is 0.286. The molecule has 0 aliphatic carbocycles. The fourth-order valence-electron chi connectivity index (χ4n) is 1.96. The number of ether oxygens (including phenoxy) is 1. The number of hydrogen-bond donors (Lipinski definition) is 1. The van der Waals surface area contributed by atoms with E-state index in [1.807, 2.05) is 6.92 Å². The Morgan fingerprint density at radius 1 is 1.30 bits per heavy atom. The molecule has 0 aliphatic rings. The number of aromatic nitrogens is 2. The van der Waals surface area contributed by atoms with Gasteiger partial charge in [-0.2, -0.15) is 0 Å². The summed E-state index contributed by atoms with van der Waals surface area (Å²) in [7, 11) is 1.56. The number of methoxy groups -OCH3 is 1. The summed E-state index contributed by atoms with van der Waals surface area (Å²) in [5.41, 5.74) is 6.23. The molecule has 5 nitrogen and oxygen atoms in total. The first-order valence-corrected chi connectivity index (χ1v) is 6.30. The minimum Gasteiger partial charge on any atom is -0.384 e. The monoisotopic (exact) mass is 276 g/mol. The zero-order valence-electron chi connectivity index (χ0n) is 11.5. The number of nitrogens with two attached hydrogens (primary N) is 1. The average Bonchev–Trinajstić information content (AvgIpc) is 2.41. The van der Waals surface area contributed by atoms with Crippen molar-refractivity contribution in [2.45, 2.75) is 13.5 Å². The van der Waals surface area contributed by atoms with Gasteiger partial charge >= 0.3 is 0 Å². The molecule has 0 atom stereocenters. The lowest BCUT2D eigenvalue weighted by atomic mass is 10.2. The van der Waals surface area contributed by atoms with Crippen molar-refractivity contribution in [3.63, 3.8) is 0 Å². The maximum absolute atomic E-state index is 13.9. The second-order valence-electron chi connectivity index (χ2n) is 4.20. The third-order valence-corrected chi connectivity index (χ3v) is 2.79. The van der Waals surface area contributed by atoms with Crippen LogP contribution in [0, 0.1) is 5.82 Å². The maximum atomic E-state index is 13.9. The largest absolute Gasteiger partial charge is 0.384 e. The number of anilines is 3.